The molecular formula is C30H35N5O3. The molecule has 38 heavy (non-hydrogen) atoms. The Hall–Kier alpha value is -3.65. The fraction of sp³-hybridized carbons (Fsp3) is 0.433. The molecule has 1 amide bonds. The molecule has 0 spiro atoms. The van der Waals surface area contributed by atoms with Gasteiger partial charge in [-0.15, -0.1) is 0 Å². The summed E-state index contributed by atoms with van der Waals surface area (Å²) in [6.07, 6.45) is 5.69. The first-order valence-corrected chi connectivity index (χ1v) is 13.6. The summed E-state index contributed by atoms with van der Waals surface area (Å²) in [6, 6.07) is 16.8. The van der Waals surface area contributed by atoms with Crippen LogP contribution in [0.1, 0.15) is 72.8 Å². The molecule has 6 rings (SSSR count). The molecule has 198 valence electrons. The number of hydrogen-bond acceptors (Lipinski definition) is 6. The number of carbonyl (C=O) groups is 2. The topological polar surface area (TPSA) is 79.7 Å². The maximum absolute atomic E-state index is 14.1. The molecule has 1 aliphatic heterocycles. The van der Waals surface area contributed by atoms with Gasteiger partial charge in [-0.05, 0) is 76.1 Å². The van der Waals surface area contributed by atoms with E-state index >= 15 is 0 Å². The van der Waals surface area contributed by atoms with Crippen molar-refractivity contribution in [3.63, 3.8) is 0 Å². The average molecular weight is 514 g/mol. The van der Waals surface area contributed by atoms with E-state index < -0.39 is 11.7 Å². The predicted octanol–water partition coefficient (Wildman–Crippen LogP) is 4.85. The van der Waals surface area contributed by atoms with E-state index in [-0.39, 0.29) is 18.0 Å². The van der Waals surface area contributed by atoms with E-state index in [9.17, 15) is 9.59 Å². The van der Waals surface area contributed by atoms with Crippen LogP contribution in [0.2, 0.25) is 0 Å². The number of aryl methyl sites for hydroxylation is 1. The van der Waals surface area contributed by atoms with Gasteiger partial charge in [-0.1, -0.05) is 36.4 Å². The molecule has 1 saturated carbocycles. The van der Waals surface area contributed by atoms with Gasteiger partial charge in [0.05, 0.1) is 17.9 Å². The lowest BCUT2D eigenvalue weighted by Gasteiger charge is -2.34. The second-order valence-electron chi connectivity index (χ2n) is 11.6. The second-order valence-corrected chi connectivity index (χ2v) is 11.6. The molecule has 8 nitrogen and oxygen atoms in total. The Morgan fingerprint density at radius 3 is 2.58 bits per heavy atom. The van der Waals surface area contributed by atoms with Crippen molar-refractivity contribution >= 4 is 17.7 Å². The number of rotatable bonds is 5. The Balaban J connectivity index is 1.22. The molecule has 0 radical (unpaired) electrons. The number of fused-ring (bicyclic) bond motifs is 2. The summed E-state index contributed by atoms with van der Waals surface area (Å²) in [5, 5.41) is 6.65. The smallest absolute Gasteiger partial charge is 0.435 e. The highest BCUT2D eigenvalue weighted by molar-refractivity contribution is 5.98. The van der Waals surface area contributed by atoms with Gasteiger partial charge in [-0.25, -0.2) is 10.2 Å². The molecule has 1 N–H and O–H groups in total. The minimum Gasteiger partial charge on any atom is -0.442 e. The van der Waals surface area contributed by atoms with Gasteiger partial charge in [-0.3, -0.25) is 4.79 Å². The predicted molar refractivity (Wildman–Crippen MR) is 145 cm³/mol. The van der Waals surface area contributed by atoms with E-state index in [4.69, 9.17) is 4.74 Å². The zero-order valence-corrected chi connectivity index (χ0v) is 22.3. The largest absolute Gasteiger partial charge is 0.442 e. The molecule has 1 aromatic heterocycles. The van der Waals surface area contributed by atoms with E-state index in [1.807, 2.05) is 51.1 Å². The van der Waals surface area contributed by atoms with Crippen LogP contribution < -0.4 is 10.4 Å². The van der Waals surface area contributed by atoms with Crippen molar-refractivity contribution in [2.45, 2.75) is 83.6 Å². The highest BCUT2D eigenvalue weighted by Crippen LogP contribution is 2.37. The molecule has 3 aromatic rings. The summed E-state index contributed by atoms with van der Waals surface area (Å²) < 4.78 is 6.81. The average Bonchev–Trinajstić information content (AvgIpc) is 3.48. The third kappa shape index (κ3) is 4.92. The molecule has 1 fully saturated rings. The lowest BCUT2D eigenvalue weighted by atomic mass is 9.91. The molecule has 2 aliphatic carbocycles. The van der Waals surface area contributed by atoms with Crippen LogP contribution >= 0.6 is 0 Å². The number of ether oxygens (including phenoxy) is 1. The molecule has 1 unspecified atom stereocenters. The van der Waals surface area contributed by atoms with E-state index in [1.54, 1.807) is 6.20 Å². The standard InChI is InChI=1S/C30H35N5O3/c1-30(2,3)38-29(37)34-19-21-16-23(14-15-26(21)32-34)35(22-12-13-22)28(36)24-10-7-11-27-25(24)17-31-33(27)18-20-8-5-4-6-9-20/h4-11,19,22-23,31H,12-18H2,1-3H3. The van der Waals surface area contributed by atoms with E-state index in [2.05, 4.69) is 38.6 Å². The van der Waals surface area contributed by atoms with Crippen LogP contribution in [0.3, 0.4) is 0 Å². The van der Waals surface area contributed by atoms with Gasteiger partial charge in [0.1, 0.15) is 5.60 Å². The Morgan fingerprint density at radius 2 is 1.84 bits per heavy atom. The fourth-order valence-corrected chi connectivity index (χ4v) is 5.63. The summed E-state index contributed by atoms with van der Waals surface area (Å²) in [5.74, 6) is 0.112. The summed E-state index contributed by atoms with van der Waals surface area (Å²) in [7, 11) is 0. The zero-order valence-electron chi connectivity index (χ0n) is 22.3. The molecular weight excluding hydrogens is 478 g/mol. The molecule has 2 aromatic carbocycles. The highest BCUT2D eigenvalue weighted by atomic mass is 16.6. The number of hydrogen-bond donors (Lipinski definition) is 1. The Labute approximate surface area is 223 Å². The zero-order chi connectivity index (χ0) is 26.4. The van der Waals surface area contributed by atoms with Crippen LogP contribution in [-0.2, 0) is 30.7 Å². The van der Waals surface area contributed by atoms with Crippen LogP contribution in [0.15, 0.2) is 54.7 Å². The molecule has 0 saturated heterocycles. The Bertz CT molecular complexity index is 1360. The Morgan fingerprint density at radius 1 is 1.05 bits per heavy atom. The number of hydrazine groups is 1. The molecule has 8 heteroatoms. The fourth-order valence-electron chi connectivity index (χ4n) is 5.63. The second kappa shape index (κ2) is 9.58. The number of benzene rings is 2. The SMILES string of the molecule is CC(C)(C)OC(=O)n1cc2c(n1)CCC(N(C(=O)c1cccc3c1CNN3Cc1ccccc1)C1CC1)C2. The van der Waals surface area contributed by atoms with Crippen LogP contribution in [0.4, 0.5) is 10.5 Å². The van der Waals surface area contributed by atoms with Gasteiger partial charge in [0.2, 0.25) is 0 Å². The van der Waals surface area contributed by atoms with Crippen molar-refractivity contribution in [1.82, 2.24) is 20.1 Å². The summed E-state index contributed by atoms with van der Waals surface area (Å²) >= 11 is 0. The summed E-state index contributed by atoms with van der Waals surface area (Å²) in [6.45, 7) is 6.92. The quantitative estimate of drug-likeness (QED) is 0.525. The van der Waals surface area contributed by atoms with Gasteiger partial charge in [0.15, 0.2) is 0 Å². The van der Waals surface area contributed by atoms with Crippen molar-refractivity contribution < 1.29 is 14.3 Å². The summed E-state index contributed by atoms with van der Waals surface area (Å²) in [4.78, 5) is 28.8. The van der Waals surface area contributed by atoms with Crippen LogP contribution in [0.5, 0.6) is 0 Å². The van der Waals surface area contributed by atoms with E-state index in [1.165, 1.54) is 10.2 Å². The molecule has 0 bridgehead atoms. The van der Waals surface area contributed by atoms with Crippen molar-refractivity contribution in [2.24, 2.45) is 0 Å². The maximum atomic E-state index is 14.1. The molecule has 1 atom stereocenters. The van der Waals surface area contributed by atoms with Crippen molar-refractivity contribution in [2.75, 3.05) is 5.01 Å². The first kappa shape index (κ1) is 24.7. The maximum Gasteiger partial charge on any atom is 0.435 e. The van der Waals surface area contributed by atoms with E-state index in [0.29, 0.717) is 13.0 Å². The van der Waals surface area contributed by atoms with Crippen molar-refractivity contribution in [3.8, 4) is 0 Å². The van der Waals surface area contributed by atoms with Gasteiger partial charge in [0, 0.05) is 36.0 Å². The van der Waals surface area contributed by atoms with Gasteiger partial charge in [0.25, 0.3) is 5.91 Å². The number of amides is 1. The highest BCUT2D eigenvalue weighted by Gasteiger charge is 2.41. The minimum absolute atomic E-state index is 0.0874. The van der Waals surface area contributed by atoms with Crippen LogP contribution in [-0.4, -0.2) is 44.4 Å². The monoisotopic (exact) mass is 513 g/mol. The number of aromatic nitrogens is 2. The summed E-state index contributed by atoms with van der Waals surface area (Å²) in [5.41, 5.74) is 8.99. The third-order valence-electron chi connectivity index (χ3n) is 7.50. The molecule has 3 aliphatic rings. The van der Waals surface area contributed by atoms with Crippen molar-refractivity contribution in [1.29, 1.82) is 0 Å². The number of nitrogens with zero attached hydrogens (tertiary/aromatic N) is 4. The van der Waals surface area contributed by atoms with Crippen molar-refractivity contribution in [3.05, 3.63) is 82.7 Å². The third-order valence-corrected chi connectivity index (χ3v) is 7.50. The van der Waals surface area contributed by atoms with Gasteiger partial charge >= 0.3 is 6.09 Å². The number of anilines is 1. The Kier molecular flexibility index (Phi) is 6.22. The lowest BCUT2D eigenvalue weighted by molar-refractivity contribution is 0.0513. The van der Waals surface area contributed by atoms with E-state index in [0.717, 1.165) is 60.3 Å². The van der Waals surface area contributed by atoms with Gasteiger partial charge < -0.3 is 14.6 Å². The lowest BCUT2D eigenvalue weighted by Crippen LogP contribution is -2.45. The van der Waals surface area contributed by atoms with Crippen LogP contribution in [0, 0.1) is 0 Å². The number of carbonyl (C=O) groups excluding carboxylic acids is 2. The first-order chi connectivity index (χ1) is 18.3. The first-order valence-electron chi connectivity index (χ1n) is 13.6. The molecule has 2 heterocycles. The normalized spacial score (nSPS) is 18.6. The van der Waals surface area contributed by atoms with Gasteiger partial charge in [-0.2, -0.15) is 9.78 Å². The number of nitrogens with one attached hydrogen (secondary N) is 1. The van der Waals surface area contributed by atoms with Crippen LogP contribution in [0.25, 0.3) is 0 Å². The minimum atomic E-state index is -0.581.